The molecule has 0 spiro atoms. The molecule has 4 rings (SSSR count). The van der Waals surface area contributed by atoms with Crippen molar-refractivity contribution >= 4 is 28.1 Å². The predicted octanol–water partition coefficient (Wildman–Crippen LogP) is 5.07. The molecule has 1 aliphatic heterocycles. The standard InChI is InChI=1S/C23H25N3O3S/c1-28-19-12-17(13-20(14-19)29-2)22(27)24-18-8-6-7-16(11-18)21-15-30-23(25-21)26-9-4-3-5-10-26/h6-8,11-15H,3-5,9-10H2,1-2H3,(H,24,27). The largest absolute Gasteiger partial charge is 0.497 e. The monoisotopic (exact) mass is 423 g/mol. The molecule has 1 aromatic heterocycles. The average molecular weight is 424 g/mol. The van der Waals surface area contributed by atoms with Crippen LogP contribution in [0.2, 0.25) is 0 Å². The van der Waals surface area contributed by atoms with Gasteiger partial charge in [-0.2, -0.15) is 0 Å². The highest BCUT2D eigenvalue weighted by Gasteiger charge is 2.15. The Bertz CT molecular complexity index is 1010. The first kappa shape index (κ1) is 20.2. The van der Waals surface area contributed by atoms with Crippen LogP contribution in [0.4, 0.5) is 10.8 Å². The maximum Gasteiger partial charge on any atom is 0.255 e. The number of piperidine rings is 1. The molecule has 0 aliphatic carbocycles. The van der Waals surface area contributed by atoms with Crippen molar-refractivity contribution < 1.29 is 14.3 Å². The molecule has 2 heterocycles. The van der Waals surface area contributed by atoms with Crippen molar-refractivity contribution in [3.63, 3.8) is 0 Å². The third-order valence-corrected chi connectivity index (χ3v) is 6.05. The number of anilines is 2. The number of ether oxygens (including phenoxy) is 2. The number of hydrogen-bond donors (Lipinski definition) is 1. The van der Waals surface area contributed by atoms with Gasteiger partial charge >= 0.3 is 0 Å². The predicted molar refractivity (Wildman–Crippen MR) is 121 cm³/mol. The molecule has 156 valence electrons. The molecule has 1 amide bonds. The van der Waals surface area contributed by atoms with Gasteiger partial charge in [0.15, 0.2) is 5.13 Å². The summed E-state index contributed by atoms with van der Waals surface area (Å²) in [5.41, 5.74) is 3.10. The number of methoxy groups -OCH3 is 2. The summed E-state index contributed by atoms with van der Waals surface area (Å²) in [5, 5.41) is 6.11. The second kappa shape index (κ2) is 9.17. The quantitative estimate of drug-likeness (QED) is 0.600. The van der Waals surface area contributed by atoms with Gasteiger partial charge in [0, 0.05) is 41.4 Å². The van der Waals surface area contributed by atoms with Gasteiger partial charge in [-0.1, -0.05) is 12.1 Å². The van der Waals surface area contributed by atoms with Gasteiger partial charge in [0.05, 0.1) is 19.9 Å². The number of nitrogens with zero attached hydrogens (tertiary/aromatic N) is 2. The van der Waals surface area contributed by atoms with E-state index < -0.39 is 0 Å². The number of hydrogen-bond acceptors (Lipinski definition) is 6. The van der Waals surface area contributed by atoms with Gasteiger partial charge in [-0.15, -0.1) is 11.3 Å². The molecule has 1 saturated heterocycles. The Kier molecular flexibility index (Phi) is 6.18. The number of carbonyl (C=O) groups is 1. The number of rotatable bonds is 6. The number of carbonyl (C=O) groups excluding carboxylic acids is 1. The lowest BCUT2D eigenvalue weighted by molar-refractivity contribution is 0.102. The molecule has 30 heavy (non-hydrogen) atoms. The summed E-state index contributed by atoms with van der Waals surface area (Å²) in [6, 6.07) is 12.9. The van der Waals surface area contributed by atoms with Gasteiger partial charge in [-0.3, -0.25) is 4.79 Å². The molecule has 1 fully saturated rings. The van der Waals surface area contributed by atoms with E-state index in [0.29, 0.717) is 22.7 Å². The molecule has 0 atom stereocenters. The van der Waals surface area contributed by atoms with Crippen LogP contribution in [0, 0.1) is 0 Å². The molecule has 2 aromatic carbocycles. The highest BCUT2D eigenvalue weighted by atomic mass is 32.1. The third kappa shape index (κ3) is 4.57. The molecule has 7 heteroatoms. The van der Waals surface area contributed by atoms with Crippen molar-refractivity contribution in [3.05, 3.63) is 53.4 Å². The van der Waals surface area contributed by atoms with Crippen LogP contribution in [0.1, 0.15) is 29.6 Å². The van der Waals surface area contributed by atoms with Crippen LogP contribution < -0.4 is 19.7 Å². The van der Waals surface area contributed by atoms with E-state index in [0.717, 1.165) is 29.5 Å². The molecular formula is C23H25N3O3S. The Morgan fingerprint density at radius 3 is 2.47 bits per heavy atom. The number of benzene rings is 2. The first-order valence-electron chi connectivity index (χ1n) is 10.0. The van der Waals surface area contributed by atoms with Crippen LogP contribution in [-0.4, -0.2) is 38.2 Å². The Hall–Kier alpha value is -3.06. The van der Waals surface area contributed by atoms with Crippen LogP contribution in [-0.2, 0) is 0 Å². The van der Waals surface area contributed by atoms with Crippen LogP contribution in [0.3, 0.4) is 0 Å². The van der Waals surface area contributed by atoms with Gasteiger partial charge in [-0.05, 0) is 43.5 Å². The average Bonchev–Trinajstić information content (AvgIpc) is 3.30. The van der Waals surface area contributed by atoms with Gasteiger partial charge in [0.25, 0.3) is 5.91 Å². The Labute approximate surface area is 180 Å². The minimum Gasteiger partial charge on any atom is -0.497 e. The van der Waals surface area contributed by atoms with E-state index in [1.807, 2.05) is 24.3 Å². The van der Waals surface area contributed by atoms with Crippen molar-refractivity contribution in [2.75, 3.05) is 37.5 Å². The van der Waals surface area contributed by atoms with E-state index in [9.17, 15) is 4.79 Å². The van der Waals surface area contributed by atoms with Crippen LogP contribution in [0.15, 0.2) is 47.8 Å². The van der Waals surface area contributed by atoms with Crippen molar-refractivity contribution in [2.24, 2.45) is 0 Å². The smallest absolute Gasteiger partial charge is 0.255 e. The summed E-state index contributed by atoms with van der Waals surface area (Å²) in [6.45, 7) is 2.15. The second-order valence-electron chi connectivity index (χ2n) is 7.20. The molecule has 1 N–H and O–H groups in total. The van der Waals surface area contributed by atoms with Gasteiger partial charge in [-0.25, -0.2) is 4.98 Å². The number of amides is 1. The molecule has 1 aliphatic rings. The Morgan fingerprint density at radius 1 is 1.03 bits per heavy atom. The minimum atomic E-state index is -0.225. The Balaban J connectivity index is 1.51. The van der Waals surface area contributed by atoms with Gasteiger partial charge in [0.1, 0.15) is 11.5 Å². The summed E-state index contributed by atoms with van der Waals surface area (Å²) in [5.74, 6) is 0.915. The van der Waals surface area contributed by atoms with Crippen LogP contribution >= 0.6 is 11.3 Å². The fourth-order valence-electron chi connectivity index (χ4n) is 3.53. The molecule has 0 bridgehead atoms. The normalized spacial score (nSPS) is 13.7. The molecular weight excluding hydrogens is 398 g/mol. The van der Waals surface area contributed by atoms with Crippen molar-refractivity contribution in [3.8, 4) is 22.8 Å². The summed E-state index contributed by atoms with van der Waals surface area (Å²) < 4.78 is 10.5. The fraction of sp³-hybridized carbons (Fsp3) is 0.304. The lowest BCUT2D eigenvalue weighted by Crippen LogP contribution is -2.29. The number of thiazole rings is 1. The topological polar surface area (TPSA) is 63.7 Å². The zero-order valence-corrected chi connectivity index (χ0v) is 18.0. The molecule has 3 aromatic rings. The lowest BCUT2D eigenvalue weighted by atomic mass is 10.1. The lowest BCUT2D eigenvalue weighted by Gasteiger charge is -2.25. The van der Waals surface area contributed by atoms with Crippen molar-refractivity contribution in [2.45, 2.75) is 19.3 Å². The van der Waals surface area contributed by atoms with E-state index in [-0.39, 0.29) is 5.91 Å². The van der Waals surface area contributed by atoms with Gasteiger partial charge < -0.3 is 19.7 Å². The van der Waals surface area contributed by atoms with E-state index in [4.69, 9.17) is 14.5 Å². The Morgan fingerprint density at radius 2 is 1.77 bits per heavy atom. The highest BCUT2D eigenvalue weighted by molar-refractivity contribution is 7.14. The van der Waals surface area contributed by atoms with E-state index in [2.05, 4.69) is 15.6 Å². The maximum atomic E-state index is 12.8. The number of aromatic nitrogens is 1. The van der Waals surface area contributed by atoms with Crippen LogP contribution in [0.5, 0.6) is 11.5 Å². The number of nitrogens with one attached hydrogen (secondary N) is 1. The van der Waals surface area contributed by atoms with Crippen molar-refractivity contribution in [1.29, 1.82) is 0 Å². The first-order valence-corrected chi connectivity index (χ1v) is 10.9. The van der Waals surface area contributed by atoms with E-state index >= 15 is 0 Å². The zero-order chi connectivity index (χ0) is 20.9. The van der Waals surface area contributed by atoms with Crippen molar-refractivity contribution in [1.82, 2.24) is 4.98 Å². The SMILES string of the molecule is COc1cc(OC)cc(C(=O)Nc2cccc(-c3csc(N4CCCCC4)n3)c2)c1. The molecule has 6 nitrogen and oxygen atoms in total. The second-order valence-corrected chi connectivity index (χ2v) is 8.04. The van der Waals surface area contributed by atoms with Gasteiger partial charge in [0.2, 0.25) is 0 Å². The first-order chi connectivity index (χ1) is 14.7. The summed E-state index contributed by atoms with van der Waals surface area (Å²) in [4.78, 5) is 20.0. The maximum absolute atomic E-state index is 12.8. The zero-order valence-electron chi connectivity index (χ0n) is 17.2. The summed E-state index contributed by atoms with van der Waals surface area (Å²) >= 11 is 1.68. The highest BCUT2D eigenvalue weighted by Crippen LogP contribution is 2.30. The molecule has 0 radical (unpaired) electrons. The summed E-state index contributed by atoms with van der Waals surface area (Å²) in [7, 11) is 3.12. The summed E-state index contributed by atoms with van der Waals surface area (Å²) in [6.07, 6.45) is 3.76. The molecule has 0 unspecified atom stereocenters. The minimum absolute atomic E-state index is 0.225. The third-order valence-electron chi connectivity index (χ3n) is 5.15. The van der Waals surface area contributed by atoms with E-state index in [1.54, 1.807) is 43.8 Å². The fourth-order valence-corrected chi connectivity index (χ4v) is 4.41. The van der Waals surface area contributed by atoms with E-state index in [1.165, 1.54) is 19.3 Å². The molecule has 0 saturated carbocycles. The van der Waals surface area contributed by atoms with Crippen LogP contribution in [0.25, 0.3) is 11.3 Å².